The van der Waals surface area contributed by atoms with Crippen LogP contribution in [0.15, 0.2) is 46.9 Å². The largest absolute Gasteiger partial charge is 0.395 e. The third-order valence-electron chi connectivity index (χ3n) is 3.60. The predicted octanol–water partition coefficient (Wildman–Crippen LogP) is 3.71. The van der Waals surface area contributed by atoms with Crippen molar-refractivity contribution in [2.75, 3.05) is 13.2 Å². The number of aliphatic hydroxyl groups is 2. The van der Waals surface area contributed by atoms with Gasteiger partial charge in [-0.1, -0.05) is 51.8 Å². The van der Waals surface area contributed by atoms with Crippen molar-refractivity contribution in [1.29, 1.82) is 0 Å². The molecule has 2 aromatic rings. The van der Waals surface area contributed by atoms with Gasteiger partial charge in [0.2, 0.25) is 0 Å². The van der Waals surface area contributed by atoms with Crippen LogP contribution in [0.5, 0.6) is 0 Å². The van der Waals surface area contributed by atoms with Gasteiger partial charge in [0, 0.05) is 9.89 Å². The maximum atomic E-state index is 14.1. The van der Waals surface area contributed by atoms with E-state index in [1.165, 1.54) is 6.07 Å². The molecule has 0 saturated carbocycles. The molecule has 2 rings (SSSR count). The Morgan fingerprint density at radius 2 is 1.76 bits per heavy atom. The van der Waals surface area contributed by atoms with Gasteiger partial charge in [0.25, 0.3) is 0 Å². The number of halogens is 3. The van der Waals surface area contributed by atoms with E-state index in [4.69, 9.17) is 11.6 Å². The Hall–Kier alpha value is -0.940. The summed E-state index contributed by atoms with van der Waals surface area (Å²) in [5.74, 6) is -0.513. The lowest BCUT2D eigenvalue weighted by Crippen LogP contribution is -2.37. The Kier molecular flexibility index (Phi) is 5.38. The van der Waals surface area contributed by atoms with Gasteiger partial charge < -0.3 is 10.2 Å². The van der Waals surface area contributed by atoms with Crippen LogP contribution in [0, 0.1) is 5.82 Å². The van der Waals surface area contributed by atoms with E-state index in [9.17, 15) is 14.6 Å². The summed E-state index contributed by atoms with van der Waals surface area (Å²) in [7, 11) is 0. The molecule has 0 aromatic heterocycles. The van der Waals surface area contributed by atoms with E-state index in [-0.39, 0.29) is 24.7 Å². The Bertz CT molecular complexity index is 629. The van der Waals surface area contributed by atoms with E-state index < -0.39 is 11.2 Å². The fourth-order valence-corrected chi connectivity index (χ4v) is 2.91. The molecule has 0 aliphatic carbocycles. The van der Waals surface area contributed by atoms with Crippen LogP contribution in [-0.4, -0.2) is 23.4 Å². The molecule has 2 nitrogen and oxygen atoms in total. The molecule has 21 heavy (non-hydrogen) atoms. The van der Waals surface area contributed by atoms with E-state index >= 15 is 0 Å². The first-order valence-electron chi connectivity index (χ1n) is 6.43. The minimum atomic E-state index is -0.963. The van der Waals surface area contributed by atoms with Crippen LogP contribution in [0.3, 0.4) is 0 Å². The number of hydrogen-bond acceptors (Lipinski definition) is 2. The summed E-state index contributed by atoms with van der Waals surface area (Å²) >= 11 is 9.16. The molecule has 0 aliphatic heterocycles. The van der Waals surface area contributed by atoms with Crippen LogP contribution in [0.1, 0.15) is 11.1 Å². The Balaban J connectivity index is 2.45. The Morgan fingerprint density at radius 1 is 1.10 bits per heavy atom. The maximum Gasteiger partial charge on any atom is 0.145 e. The summed E-state index contributed by atoms with van der Waals surface area (Å²) in [6, 6.07) is 12.0. The quantitative estimate of drug-likeness (QED) is 0.839. The van der Waals surface area contributed by atoms with Crippen molar-refractivity contribution < 1.29 is 14.6 Å². The minimum Gasteiger partial charge on any atom is -0.395 e. The second kappa shape index (κ2) is 6.88. The van der Waals surface area contributed by atoms with Gasteiger partial charge in [-0.05, 0) is 35.7 Å². The summed E-state index contributed by atoms with van der Waals surface area (Å²) in [6.45, 7) is -0.599. The summed E-state index contributed by atoms with van der Waals surface area (Å²) in [5.41, 5.74) is 0.141. The summed E-state index contributed by atoms with van der Waals surface area (Å²) in [4.78, 5) is 0. The third-order valence-corrected chi connectivity index (χ3v) is 4.39. The molecule has 0 radical (unpaired) electrons. The van der Waals surface area contributed by atoms with Gasteiger partial charge >= 0.3 is 0 Å². The van der Waals surface area contributed by atoms with E-state index in [1.54, 1.807) is 18.2 Å². The SMILES string of the molecule is OCC(CO)(Cc1cccc(Cl)c1F)c1cccc(Br)c1. The van der Waals surface area contributed by atoms with Gasteiger partial charge in [-0.25, -0.2) is 4.39 Å². The molecular formula is C16H15BrClFO2. The first-order chi connectivity index (χ1) is 10.0. The van der Waals surface area contributed by atoms with E-state index in [2.05, 4.69) is 15.9 Å². The highest BCUT2D eigenvalue weighted by Crippen LogP contribution is 2.32. The van der Waals surface area contributed by atoms with Crippen LogP contribution in [0.25, 0.3) is 0 Å². The normalized spacial score (nSPS) is 11.7. The maximum absolute atomic E-state index is 14.1. The monoisotopic (exact) mass is 372 g/mol. The first kappa shape index (κ1) is 16.4. The summed E-state index contributed by atoms with van der Waals surface area (Å²) in [6.07, 6.45) is 0.156. The summed E-state index contributed by atoms with van der Waals surface area (Å²) in [5, 5.41) is 19.7. The van der Waals surface area contributed by atoms with Crippen molar-refractivity contribution in [3.63, 3.8) is 0 Å². The molecule has 0 atom stereocenters. The van der Waals surface area contributed by atoms with Gasteiger partial charge in [0.15, 0.2) is 0 Å². The minimum absolute atomic E-state index is 0.0338. The number of rotatable bonds is 5. The molecule has 112 valence electrons. The fraction of sp³-hybridized carbons (Fsp3) is 0.250. The molecule has 2 aromatic carbocycles. The molecule has 0 unspecified atom stereocenters. The van der Waals surface area contributed by atoms with Crippen molar-refractivity contribution in [2.24, 2.45) is 0 Å². The van der Waals surface area contributed by atoms with Crippen LogP contribution in [0.4, 0.5) is 4.39 Å². The van der Waals surface area contributed by atoms with Crippen molar-refractivity contribution >= 4 is 27.5 Å². The fourth-order valence-electron chi connectivity index (χ4n) is 2.31. The topological polar surface area (TPSA) is 40.5 Å². The lowest BCUT2D eigenvalue weighted by atomic mass is 9.77. The van der Waals surface area contributed by atoms with Gasteiger partial charge in [-0.3, -0.25) is 0 Å². The van der Waals surface area contributed by atoms with Gasteiger partial charge in [0.05, 0.1) is 18.2 Å². The first-order valence-corrected chi connectivity index (χ1v) is 7.60. The van der Waals surface area contributed by atoms with Gasteiger partial charge in [-0.2, -0.15) is 0 Å². The molecule has 0 saturated heterocycles. The van der Waals surface area contributed by atoms with Crippen molar-refractivity contribution in [3.8, 4) is 0 Å². The lowest BCUT2D eigenvalue weighted by molar-refractivity contribution is 0.115. The standard InChI is InChI=1S/C16H15BrClFO2/c17-13-5-2-4-12(7-13)16(9-20,10-21)8-11-3-1-6-14(18)15(11)19/h1-7,20-21H,8-10H2. The Labute approximate surface area is 136 Å². The van der Waals surface area contributed by atoms with E-state index in [0.29, 0.717) is 5.56 Å². The summed E-state index contributed by atoms with van der Waals surface area (Å²) < 4.78 is 14.9. The highest BCUT2D eigenvalue weighted by molar-refractivity contribution is 9.10. The number of benzene rings is 2. The third kappa shape index (κ3) is 3.46. The smallest absolute Gasteiger partial charge is 0.145 e. The van der Waals surface area contributed by atoms with E-state index in [0.717, 1.165) is 10.0 Å². The second-order valence-electron chi connectivity index (χ2n) is 5.00. The molecule has 0 spiro atoms. The lowest BCUT2D eigenvalue weighted by Gasteiger charge is -2.31. The molecule has 0 amide bonds. The molecule has 0 heterocycles. The average molecular weight is 374 g/mol. The zero-order chi connectivity index (χ0) is 15.5. The van der Waals surface area contributed by atoms with Crippen molar-refractivity contribution in [2.45, 2.75) is 11.8 Å². The zero-order valence-electron chi connectivity index (χ0n) is 11.2. The molecule has 0 fully saturated rings. The van der Waals surface area contributed by atoms with Crippen LogP contribution in [0.2, 0.25) is 5.02 Å². The molecule has 0 bridgehead atoms. The molecule has 5 heteroatoms. The van der Waals surface area contributed by atoms with Crippen molar-refractivity contribution in [3.05, 3.63) is 68.9 Å². The van der Waals surface area contributed by atoms with Crippen LogP contribution >= 0.6 is 27.5 Å². The zero-order valence-corrected chi connectivity index (χ0v) is 13.5. The highest BCUT2D eigenvalue weighted by atomic mass is 79.9. The number of aliphatic hydroxyl groups excluding tert-OH is 2. The van der Waals surface area contributed by atoms with Gasteiger partial charge in [0.1, 0.15) is 5.82 Å². The highest BCUT2D eigenvalue weighted by Gasteiger charge is 2.32. The van der Waals surface area contributed by atoms with Crippen LogP contribution < -0.4 is 0 Å². The predicted molar refractivity (Wildman–Crippen MR) is 85.1 cm³/mol. The molecular weight excluding hydrogens is 359 g/mol. The van der Waals surface area contributed by atoms with Crippen LogP contribution in [-0.2, 0) is 11.8 Å². The second-order valence-corrected chi connectivity index (χ2v) is 6.32. The van der Waals surface area contributed by atoms with E-state index in [1.807, 2.05) is 18.2 Å². The Morgan fingerprint density at radius 3 is 2.38 bits per heavy atom. The van der Waals surface area contributed by atoms with Crippen molar-refractivity contribution in [1.82, 2.24) is 0 Å². The molecule has 0 aliphatic rings. The van der Waals surface area contributed by atoms with Gasteiger partial charge in [-0.15, -0.1) is 0 Å². The molecule has 2 N–H and O–H groups in total. The number of hydrogen-bond donors (Lipinski definition) is 2. The average Bonchev–Trinajstić information content (AvgIpc) is 2.49.